The van der Waals surface area contributed by atoms with Gasteiger partial charge in [0.25, 0.3) is 5.56 Å². The maximum atomic E-state index is 12.1. The van der Waals surface area contributed by atoms with Crippen molar-refractivity contribution in [2.24, 2.45) is 0 Å². The molecule has 0 radical (unpaired) electrons. The van der Waals surface area contributed by atoms with Gasteiger partial charge in [-0.05, 0) is 17.9 Å². The summed E-state index contributed by atoms with van der Waals surface area (Å²) < 4.78 is 1.32. The van der Waals surface area contributed by atoms with Gasteiger partial charge in [0.2, 0.25) is 10.1 Å². The van der Waals surface area contributed by atoms with Crippen molar-refractivity contribution in [3.63, 3.8) is 0 Å². The number of H-pyrrole nitrogens is 1. The minimum absolute atomic E-state index is 0.155. The Morgan fingerprint density at radius 1 is 1.36 bits per heavy atom. The van der Waals surface area contributed by atoms with Gasteiger partial charge in [-0.3, -0.25) is 9.89 Å². The first kappa shape index (κ1) is 15.9. The molecule has 2 N–H and O–H groups in total. The molecular weight excluding hydrogens is 358 g/mol. The third-order valence-corrected chi connectivity index (χ3v) is 5.22. The summed E-state index contributed by atoms with van der Waals surface area (Å²) in [6.45, 7) is 2.50. The summed E-state index contributed by atoms with van der Waals surface area (Å²) in [6, 6.07) is 5.49. The van der Waals surface area contributed by atoms with E-state index in [-0.39, 0.29) is 5.56 Å². The van der Waals surface area contributed by atoms with Crippen molar-refractivity contribution in [3.05, 3.63) is 45.5 Å². The topological polar surface area (TPSA) is 101 Å². The highest BCUT2D eigenvalue weighted by molar-refractivity contribution is 7.20. The summed E-state index contributed by atoms with van der Waals surface area (Å²) >= 11 is 2.94. The predicted octanol–water partition coefficient (Wildman–Crippen LogP) is 2.56. The molecule has 0 aliphatic carbocycles. The van der Waals surface area contributed by atoms with Crippen LogP contribution in [0.5, 0.6) is 0 Å². The number of aromatic nitrogens is 6. The number of fused-ring (bicyclic) bond motifs is 1. The number of thiophene rings is 1. The van der Waals surface area contributed by atoms with Crippen molar-refractivity contribution in [2.75, 3.05) is 5.32 Å². The van der Waals surface area contributed by atoms with Crippen LogP contribution in [-0.4, -0.2) is 29.8 Å². The minimum Gasteiger partial charge on any atom is -0.353 e. The van der Waals surface area contributed by atoms with Gasteiger partial charge in [0.05, 0.1) is 11.4 Å². The van der Waals surface area contributed by atoms with Crippen LogP contribution in [-0.2, 0) is 13.0 Å². The molecule has 0 bridgehead atoms. The fourth-order valence-corrected chi connectivity index (χ4v) is 3.84. The first-order chi connectivity index (χ1) is 12.2. The Labute approximate surface area is 150 Å². The number of nitrogens with one attached hydrogen (secondary N) is 2. The Balaban J connectivity index is 1.51. The lowest BCUT2D eigenvalue weighted by molar-refractivity contribution is 0.838. The van der Waals surface area contributed by atoms with E-state index in [1.165, 1.54) is 15.9 Å². The van der Waals surface area contributed by atoms with Crippen molar-refractivity contribution in [1.82, 2.24) is 29.8 Å². The third kappa shape index (κ3) is 3.30. The van der Waals surface area contributed by atoms with Gasteiger partial charge >= 0.3 is 0 Å². The maximum Gasteiger partial charge on any atom is 0.275 e. The maximum absolute atomic E-state index is 12.1. The van der Waals surface area contributed by atoms with Gasteiger partial charge < -0.3 is 5.32 Å². The van der Waals surface area contributed by atoms with Crippen molar-refractivity contribution in [3.8, 4) is 10.7 Å². The lowest BCUT2D eigenvalue weighted by Crippen LogP contribution is -2.15. The molecule has 25 heavy (non-hydrogen) atoms. The average Bonchev–Trinajstić information content (AvgIpc) is 3.33. The summed E-state index contributed by atoms with van der Waals surface area (Å²) in [6.07, 6.45) is 1.74. The molecule has 10 heteroatoms. The van der Waals surface area contributed by atoms with Gasteiger partial charge in [0.15, 0.2) is 5.82 Å². The zero-order chi connectivity index (χ0) is 17.2. The van der Waals surface area contributed by atoms with Crippen LogP contribution >= 0.6 is 22.7 Å². The molecule has 4 rings (SSSR count). The largest absolute Gasteiger partial charge is 0.353 e. The highest BCUT2D eigenvalue weighted by atomic mass is 32.1. The second-order valence-corrected chi connectivity index (χ2v) is 7.28. The van der Waals surface area contributed by atoms with Crippen LogP contribution in [0.1, 0.15) is 24.9 Å². The molecule has 0 atom stereocenters. The molecule has 8 nitrogen and oxygen atoms in total. The van der Waals surface area contributed by atoms with Crippen LogP contribution in [0.2, 0.25) is 0 Å². The highest BCUT2D eigenvalue weighted by Gasteiger charge is 2.10. The van der Waals surface area contributed by atoms with Crippen LogP contribution in [0, 0.1) is 0 Å². The van der Waals surface area contributed by atoms with E-state index in [1.807, 2.05) is 17.5 Å². The van der Waals surface area contributed by atoms with E-state index in [9.17, 15) is 4.79 Å². The lowest BCUT2D eigenvalue weighted by Gasteiger charge is -1.96. The van der Waals surface area contributed by atoms with E-state index in [0.29, 0.717) is 28.3 Å². The van der Waals surface area contributed by atoms with E-state index in [4.69, 9.17) is 0 Å². The number of nitrogens with zero attached hydrogens (tertiary/aromatic N) is 5. The van der Waals surface area contributed by atoms with Crippen molar-refractivity contribution in [2.45, 2.75) is 26.3 Å². The fourth-order valence-electron chi connectivity index (χ4n) is 2.36. The zero-order valence-corrected chi connectivity index (χ0v) is 15.0. The summed E-state index contributed by atoms with van der Waals surface area (Å²) in [4.78, 5) is 22.7. The summed E-state index contributed by atoms with van der Waals surface area (Å²) in [7, 11) is 0. The van der Waals surface area contributed by atoms with Gasteiger partial charge in [0.1, 0.15) is 5.82 Å². The quantitative estimate of drug-likeness (QED) is 0.539. The van der Waals surface area contributed by atoms with Crippen molar-refractivity contribution < 1.29 is 0 Å². The second kappa shape index (κ2) is 6.73. The number of aromatic amines is 1. The molecule has 4 aromatic rings. The third-order valence-electron chi connectivity index (χ3n) is 3.48. The van der Waals surface area contributed by atoms with E-state index in [2.05, 4.69) is 37.5 Å². The summed E-state index contributed by atoms with van der Waals surface area (Å²) in [5.74, 6) is 1.38. The molecule has 0 amide bonds. The monoisotopic (exact) mass is 373 g/mol. The van der Waals surface area contributed by atoms with Crippen LogP contribution in [0.4, 0.5) is 5.13 Å². The Morgan fingerprint density at radius 2 is 2.28 bits per heavy atom. The smallest absolute Gasteiger partial charge is 0.275 e. The van der Waals surface area contributed by atoms with E-state index in [1.54, 1.807) is 17.4 Å². The summed E-state index contributed by atoms with van der Waals surface area (Å²) in [5, 5.41) is 17.2. The van der Waals surface area contributed by atoms with E-state index in [0.717, 1.165) is 23.4 Å². The van der Waals surface area contributed by atoms with Crippen LogP contribution in [0.15, 0.2) is 28.4 Å². The molecule has 0 unspecified atom stereocenters. The SMILES string of the molecule is CCCc1cc(=O)n2nc(NCc3nc(-c4cccs4)n[nH]3)sc2n1. The summed E-state index contributed by atoms with van der Waals surface area (Å²) in [5.41, 5.74) is 0.649. The van der Waals surface area contributed by atoms with Crippen molar-refractivity contribution >= 4 is 32.8 Å². The molecule has 0 fully saturated rings. The Kier molecular flexibility index (Phi) is 4.28. The molecule has 0 saturated carbocycles. The van der Waals surface area contributed by atoms with Crippen LogP contribution < -0.4 is 10.9 Å². The van der Waals surface area contributed by atoms with E-state index < -0.39 is 0 Å². The minimum atomic E-state index is -0.155. The molecule has 4 heterocycles. The molecule has 0 aliphatic rings. The highest BCUT2D eigenvalue weighted by Crippen LogP contribution is 2.21. The number of anilines is 1. The van der Waals surface area contributed by atoms with Gasteiger partial charge in [0, 0.05) is 11.8 Å². The molecular formula is C15H15N7OS2. The average molecular weight is 373 g/mol. The normalized spacial score (nSPS) is 11.2. The first-order valence-corrected chi connectivity index (χ1v) is 9.51. The standard InChI is InChI=1S/C15H15N7OS2/c1-2-4-9-7-12(23)22-15(17-9)25-14(21-22)16-8-11-18-13(20-19-11)10-5-3-6-24-10/h3,5-7H,2,4,8H2,1H3,(H,16,21)(H,18,19,20). The lowest BCUT2D eigenvalue weighted by atomic mass is 10.2. The van der Waals surface area contributed by atoms with E-state index >= 15 is 0 Å². The molecule has 0 spiro atoms. The van der Waals surface area contributed by atoms with Gasteiger partial charge in [-0.1, -0.05) is 30.7 Å². The van der Waals surface area contributed by atoms with Gasteiger partial charge in [-0.2, -0.15) is 9.61 Å². The van der Waals surface area contributed by atoms with Crippen LogP contribution in [0.25, 0.3) is 15.7 Å². The zero-order valence-electron chi connectivity index (χ0n) is 13.4. The Morgan fingerprint density at radius 3 is 3.08 bits per heavy atom. The number of hydrogen-bond acceptors (Lipinski definition) is 8. The second-order valence-electron chi connectivity index (χ2n) is 5.37. The Hall–Kier alpha value is -2.59. The molecule has 0 aromatic carbocycles. The molecule has 0 saturated heterocycles. The fraction of sp³-hybridized carbons (Fsp3) is 0.267. The molecule has 128 valence electrons. The molecule has 4 aromatic heterocycles. The van der Waals surface area contributed by atoms with Gasteiger partial charge in [-0.15, -0.1) is 16.4 Å². The number of aryl methyl sites for hydroxylation is 1. The first-order valence-electron chi connectivity index (χ1n) is 7.82. The van der Waals surface area contributed by atoms with Crippen LogP contribution in [0.3, 0.4) is 0 Å². The predicted molar refractivity (Wildman–Crippen MR) is 98.2 cm³/mol. The number of hydrogen-bond donors (Lipinski definition) is 2. The van der Waals surface area contributed by atoms with Gasteiger partial charge in [-0.25, -0.2) is 9.97 Å². The van der Waals surface area contributed by atoms with Crippen molar-refractivity contribution in [1.29, 1.82) is 0 Å². The Bertz CT molecular complexity index is 1050. The molecule has 0 aliphatic heterocycles. The number of rotatable bonds is 6.